The standard InChI is InChI=1S/C10H6F3N3OS/c11-5-1-4(2-6(12)8(5)13)15-9(17)7-3-18-10(14)16-7/h1-3H,(H2,14,16)(H,15,17). The Morgan fingerprint density at radius 2 is 1.89 bits per heavy atom. The molecule has 0 saturated heterocycles. The molecule has 0 fully saturated rings. The van der Waals surface area contributed by atoms with Gasteiger partial charge in [-0.1, -0.05) is 0 Å². The SMILES string of the molecule is Nc1nc(C(=O)Nc2cc(F)c(F)c(F)c2)cs1. The van der Waals surface area contributed by atoms with Gasteiger partial charge in [0.1, 0.15) is 5.69 Å². The van der Waals surface area contributed by atoms with Crippen LogP contribution in [-0.2, 0) is 0 Å². The Hall–Kier alpha value is -2.09. The summed E-state index contributed by atoms with van der Waals surface area (Å²) >= 11 is 1.05. The number of hydrogen-bond donors (Lipinski definition) is 2. The van der Waals surface area contributed by atoms with Crippen LogP contribution in [0.3, 0.4) is 0 Å². The number of thiazole rings is 1. The van der Waals surface area contributed by atoms with Crippen LogP contribution >= 0.6 is 11.3 Å². The highest BCUT2D eigenvalue weighted by atomic mass is 32.1. The summed E-state index contributed by atoms with van der Waals surface area (Å²) in [5, 5.41) is 3.76. The van der Waals surface area contributed by atoms with Crippen molar-refractivity contribution in [2.45, 2.75) is 0 Å². The number of rotatable bonds is 2. The Morgan fingerprint density at radius 3 is 2.39 bits per heavy atom. The zero-order chi connectivity index (χ0) is 13.3. The largest absolute Gasteiger partial charge is 0.375 e. The van der Waals surface area contributed by atoms with Crippen LogP contribution in [0.25, 0.3) is 0 Å². The molecule has 2 rings (SSSR count). The van der Waals surface area contributed by atoms with Gasteiger partial charge in [0.25, 0.3) is 5.91 Å². The van der Waals surface area contributed by atoms with Crippen molar-refractivity contribution in [3.05, 3.63) is 40.7 Å². The zero-order valence-corrected chi connectivity index (χ0v) is 9.52. The van der Waals surface area contributed by atoms with Crippen LogP contribution in [-0.4, -0.2) is 10.9 Å². The van der Waals surface area contributed by atoms with E-state index in [2.05, 4.69) is 10.3 Å². The van der Waals surface area contributed by atoms with Crippen LogP contribution in [0, 0.1) is 17.5 Å². The molecule has 1 aromatic heterocycles. The predicted octanol–water partition coefficient (Wildman–Crippen LogP) is 2.39. The summed E-state index contributed by atoms with van der Waals surface area (Å²) in [6.45, 7) is 0. The average molecular weight is 273 g/mol. The molecule has 0 aliphatic rings. The van der Waals surface area contributed by atoms with Crippen molar-refractivity contribution < 1.29 is 18.0 Å². The lowest BCUT2D eigenvalue weighted by Crippen LogP contribution is -2.13. The van der Waals surface area contributed by atoms with Gasteiger partial charge < -0.3 is 11.1 Å². The summed E-state index contributed by atoms with van der Waals surface area (Å²) in [6, 6.07) is 1.35. The molecule has 1 heterocycles. The smallest absolute Gasteiger partial charge is 0.275 e. The molecule has 0 saturated carbocycles. The molecule has 0 unspecified atom stereocenters. The summed E-state index contributed by atoms with van der Waals surface area (Å²) in [4.78, 5) is 15.3. The van der Waals surface area contributed by atoms with Crippen molar-refractivity contribution in [2.24, 2.45) is 0 Å². The summed E-state index contributed by atoms with van der Waals surface area (Å²) in [7, 11) is 0. The van der Waals surface area contributed by atoms with Crippen LogP contribution in [0.1, 0.15) is 10.5 Å². The van der Waals surface area contributed by atoms with Crippen LogP contribution in [0.2, 0.25) is 0 Å². The Morgan fingerprint density at radius 1 is 1.28 bits per heavy atom. The number of carbonyl (C=O) groups excluding carboxylic acids is 1. The van der Waals surface area contributed by atoms with E-state index in [1.807, 2.05) is 0 Å². The second-order valence-corrected chi connectivity index (χ2v) is 4.17. The molecule has 4 nitrogen and oxygen atoms in total. The summed E-state index contributed by atoms with van der Waals surface area (Å²) in [6.07, 6.45) is 0. The molecule has 18 heavy (non-hydrogen) atoms. The van der Waals surface area contributed by atoms with Gasteiger partial charge in [-0.05, 0) is 0 Å². The third-order valence-corrected chi connectivity index (χ3v) is 2.67. The second kappa shape index (κ2) is 4.65. The van der Waals surface area contributed by atoms with E-state index in [0.717, 1.165) is 11.3 Å². The Kier molecular flexibility index (Phi) is 3.19. The topological polar surface area (TPSA) is 68.0 Å². The molecule has 94 valence electrons. The number of nitrogens with zero attached hydrogens (tertiary/aromatic N) is 1. The Bertz CT molecular complexity index is 591. The number of anilines is 2. The van der Waals surface area contributed by atoms with Crippen molar-refractivity contribution in [3.63, 3.8) is 0 Å². The van der Waals surface area contributed by atoms with Crippen molar-refractivity contribution in [1.82, 2.24) is 4.98 Å². The van der Waals surface area contributed by atoms with Crippen LogP contribution in [0.4, 0.5) is 24.0 Å². The van der Waals surface area contributed by atoms with Gasteiger partial charge in [-0.15, -0.1) is 11.3 Å². The van der Waals surface area contributed by atoms with E-state index in [4.69, 9.17) is 5.73 Å². The van der Waals surface area contributed by atoms with Crippen molar-refractivity contribution >= 4 is 28.1 Å². The van der Waals surface area contributed by atoms with E-state index < -0.39 is 23.4 Å². The zero-order valence-electron chi connectivity index (χ0n) is 8.71. The number of nitrogens with two attached hydrogens (primary N) is 1. The molecule has 8 heteroatoms. The van der Waals surface area contributed by atoms with E-state index in [1.54, 1.807) is 0 Å². The molecule has 0 aliphatic carbocycles. The maximum atomic E-state index is 12.9. The highest BCUT2D eigenvalue weighted by Gasteiger charge is 2.14. The van der Waals surface area contributed by atoms with E-state index in [9.17, 15) is 18.0 Å². The first-order valence-corrected chi connectivity index (χ1v) is 5.52. The van der Waals surface area contributed by atoms with Gasteiger partial charge in [0.15, 0.2) is 22.6 Å². The second-order valence-electron chi connectivity index (χ2n) is 3.28. The molecule has 2 aromatic rings. The number of hydrogen-bond acceptors (Lipinski definition) is 4. The number of nitrogens with one attached hydrogen (secondary N) is 1. The van der Waals surface area contributed by atoms with Gasteiger partial charge in [0.05, 0.1) is 0 Å². The molecule has 3 N–H and O–H groups in total. The Balaban J connectivity index is 2.22. The van der Waals surface area contributed by atoms with E-state index in [0.29, 0.717) is 12.1 Å². The minimum absolute atomic E-state index is 0.0163. The number of benzene rings is 1. The lowest BCUT2D eigenvalue weighted by atomic mass is 10.2. The fraction of sp³-hybridized carbons (Fsp3) is 0. The molecule has 1 amide bonds. The third-order valence-electron chi connectivity index (χ3n) is 2.00. The molecular weight excluding hydrogens is 267 g/mol. The lowest BCUT2D eigenvalue weighted by molar-refractivity contribution is 0.102. The van der Waals surface area contributed by atoms with Crippen molar-refractivity contribution in [3.8, 4) is 0 Å². The molecule has 0 radical (unpaired) electrons. The van der Waals surface area contributed by atoms with Crippen molar-refractivity contribution in [1.29, 1.82) is 0 Å². The number of nitrogen functional groups attached to an aromatic ring is 1. The average Bonchev–Trinajstić information content (AvgIpc) is 2.72. The summed E-state index contributed by atoms with van der Waals surface area (Å²) in [5.41, 5.74) is 5.15. The van der Waals surface area contributed by atoms with Crippen LogP contribution in [0.15, 0.2) is 17.5 Å². The highest BCUT2D eigenvalue weighted by Crippen LogP contribution is 2.18. The van der Waals surface area contributed by atoms with Gasteiger partial charge in [-0.25, -0.2) is 18.2 Å². The number of halogens is 3. The summed E-state index contributed by atoms with van der Waals surface area (Å²) in [5.74, 6) is -5.05. The fourth-order valence-corrected chi connectivity index (χ4v) is 1.76. The number of amides is 1. The van der Waals surface area contributed by atoms with Crippen LogP contribution < -0.4 is 11.1 Å². The quantitative estimate of drug-likeness (QED) is 0.825. The summed E-state index contributed by atoms with van der Waals surface area (Å²) < 4.78 is 38.5. The predicted molar refractivity (Wildman–Crippen MR) is 60.8 cm³/mol. The van der Waals surface area contributed by atoms with Gasteiger partial charge in [0, 0.05) is 23.2 Å². The Labute approximate surface area is 103 Å². The van der Waals surface area contributed by atoms with Crippen LogP contribution in [0.5, 0.6) is 0 Å². The first-order chi connectivity index (χ1) is 8.47. The lowest BCUT2D eigenvalue weighted by Gasteiger charge is -2.04. The maximum absolute atomic E-state index is 12.9. The van der Waals surface area contributed by atoms with E-state index in [1.165, 1.54) is 5.38 Å². The number of aromatic nitrogens is 1. The number of carbonyl (C=O) groups is 1. The minimum Gasteiger partial charge on any atom is -0.375 e. The molecule has 0 spiro atoms. The molecule has 0 bridgehead atoms. The maximum Gasteiger partial charge on any atom is 0.275 e. The molecule has 0 aliphatic heterocycles. The first kappa shape index (κ1) is 12.4. The molecular formula is C10H6F3N3OS. The van der Waals surface area contributed by atoms with Crippen molar-refractivity contribution in [2.75, 3.05) is 11.1 Å². The minimum atomic E-state index is -1.59. The van der Waals surface area contributed by atoms with E-state index >= 15 is 0 Å². The monoisotopic (exact) mass is 273 g/mol. The first-order valence-electron chi connectivity index (χ1n) is 4.64. The van der Waals surface area contributed by atoms with E-state index in [-0.39, 0.29) is 16.5 Å². The fourth-order valence-electron chi connectivity index (χ4n) is 1.21. The molecule has 1 aromatic carbocycles. The van der Waals surface area contributed by atoms with Gasteiger partial charge >= 0.3 is 0 Å². The highest BCUT2D eigenvalue weighted by molar-refractivity contribution is 7.13. The van der Waals surface area contributed by atoms with Gasteiger partial charge in [0.2, 0.25) is 0 Å². The molecule has 0 atom stereocenters. The van der Waals surface area contributed by atoms with Gasteiger partial charge in [-0.3, -0.25) is 4.79 Å². The third kappa shape index (κ3) is 2.43. The normalized spacial score (nSPS) is 10.4. The van der Waals surface area contributed by atoms with Gasteiger partial charge in [-0.2, -0.15) is 0 Å².